The Hall–Kier alpha value is -2.43. The molecule has 0 aliphatic heterocycles. The van der Waals surface area contributed by atoms with Crippen LogP contribution < -0.4 is 0 Å². The maximum absolute atomic E-state index is 13.9. The third-order valence-corrected chi connectivity index (χ3v) is 3.51. The number of alkyl halides is 3. The number of aromatic nitrogens is 1. The summed E-state index contributed by atoms with van der Waals surface area (Å²) < 4.78 is 41.7. The first-order valence-corrected chi connectivity index (χ1v) is 7.10. The van der Waals surface area contributed by atoms with Gasteiger partial charge in [-0.15, -0.1) is 6.58 Å². The standard InChI is InChI=1S/C18H17F3N2/c1-3-10-17(18(19,20)21,15-8-6-7-14(2)12-15)23-13-16-9-4-5-11-22-16/h3-9,11-13H,1,10H2,2H3. The lowest BCUT2D eigenvalue weighted by molar-refractivity contribution is -0.187. The van der Waals surface area contributed by atoms with Gasteiger partial charge in [0.05, 0.1) is 5.69 Å². The van der Waals surface area contributed by atoms with E-state index in [9.17, 15) is 13.2 Å². The Morgan fingerprint density at radius 3 is 2.52 bits per heavy atom. The van der Waals surface area contributed by atoms with Gasteiger partial charge in [0, 0.05) is 18.8 Å². The van der Waals surface area contributed by atoms with Crippen LogP contribution in [0.25, 0.3) is 0 Å². The number of benzene rings is 1. The molecular weight excluding hydrogens is 301 g/mol. The molecule has 2 rings (SSSR count). The smallest absolute Gasteiger partial charge is 0.270 e. The first kappa shape index (κ1) is 16.9. The molecule has 2 nitrogen and oxygen atoms in total. The Kier molecular flexibility index (Phi) is 4.98. The lowest BCUT2D eigenvalue weighted by atomic mass is 9.85. The highest BCUT2D eigenvalue weighted by Crippen LogP contribution is 2.45. The van der Waals surface area contributed by atoms with Crippen molar-refractivity contribution in [2.75, 3.05) is 0 Å². The van der Waals surface area contributed by atoms with Gasteiger partial charge in [-0.25, -0.2) is 0 Å². The average Bonchev–Trinajstić information content (AvgIpc) is 2.51. The van der Waals surface area contributed by atoms with E-state index in [1.807, 2.05) is 0 Å². The lowest BCUT2D eigenvalue weighted by Gasteiger charge is -2.32. The van der Waals surface area contributed by atoms with Gasteiger partial charge >= 0.3 is 6.18 Å². The van der Waals surface area contributed by atoms with Gasteiger partial charge in [0.25, 0.3) is 0 Å². The van der Waals surface area contributed by atoms with Crippen LogP contribution in [0.2, 0.25) is 0 Å². The third kappa shape index (κ3) is 3.67. The highest BCUT2D eigenvalue weighted by molar-refractivity contribution is 5.77. The second-order valence-corrected chi connectivity index (χ2v) is 5.23. The highest BCUT2D eigenvalue weighted by Gasteiger charge is 2.55. The van der Waals surface area contributed by atoms with Crippen molar-refractivity contribution >= 4 is 6.21 Å². The molecule has 0 spiro atoms. The number of hydrogen-bond acceptors (Lipinski definition) is 2. The van der Waals surface area contributed by atoms with E-state index in [1.54, 1.807) is 37.3 Å². The minimum absolute atomic E-state index is 0.0945. The van der Waals surface area contributed by atoms with E-state index in [2.05, 4.69) is 16.6 Å². The van der Waals surface area contributed by atoms with Crippen LogP contribution in [0.5, 0.6) is 0 Å². The Bertz CT molecular complexity index is 693. The molecule has 1 heterocycles. The molecule has 0 saturated heterocycles. The molecule has 1 aromatic heterocycles. The van der Waals surface area contributed by atoms with Crippen LogP contribution in [-0.2, 0) is 5.54 Å². The van der Waals surface area contributed by atoms with Crippen LogP contribution in [0.4, 0.5) is 13.2 Å². The Morgan fingerprint density at radius 1 is 1.17 bits per heavy atom. The monoisotopic (exact) mass is 318 g/mol. The van der Waals surface area contributed by atoms with Crippen LogP contribution in [-0.4, -0.2) is 17.4 Å². The van der Waals surface area contributed by atoms with Crippen LogP contribution in [0.1, 0.15) is 23.2 Å². The van der Waals surface area contributed by atoms with Crippen molar-refractivity contribution in [3.63, 3.8) is 0 Å². The summed E-state index contributed by atoms with van der Waals surface area (Å²) in [4.78, 5) is 7.91. The molecular formula is C18H17F3N2. The van der Waals surface area contributed by atoms with Gasteiger partial charge in [0.1, 0.15) is 0 Å². The van der Waals surface area contributed by atoms with Gasteiger partial charge < -0.3 is 0 Å². The molecule has 2 aromatic rings. The normalized spacial score (nSPS) is 14.6. The molecule has 23 heavy (non-hydrogen) atoms. The second-order valence-electron chi connectivity index (χ2n) is 5.23. The fourth-order valence-corrected chi connectivity index (χ4v) is 2.34. The molecule has 0 radical (unpaired) electrons. The number of hydrogen-bond donors (Lipinski definition) is 0. The van der Waals surface area contributed by atoms with Crippen molar-refractivity contribution in [3.8, 4) is 0 Å². The molecule has 0 aliphatic rings. The molecule has 1 aromatic carbocycles. The number of aryl methyl sites for hydroxylation is 1. The van der Waals surface area contributed by atoms with Crippen LogP contribution in [0.3, 0.4) is 0 Å². The van der Waals surface area contributed by atoms with Crippen LogP contribution >= 0.6 is 0 Å². The summed E-state index contributed by atoms with van der Waals surface area (Å²) >= 11 is 0. The molecule has 1 unspecified atom stereocenters. The SMILES string of the molecule is C=CCC(N=Cc1ccccn1)(c1cccc(C)c1)C(F)(F)F. The van der Waals surface area contributed by atoms with Gasteiger partial charge in [-0.1, -0.05) is 42.0 Å². The van der Waals surface area contributed by atoms with Crippen LogP contribution in [0.15, 0.2) is 66.3 Å². The van der Waals surface area contributed by atoms with Crippen LogP contribution in [0, 0.1) is 6.92 Å². The second kappa shape index (κ2) is 6.77. The molecule has 120 valence electrons. The Balaban J connectivity index is 2.58. The van der Waals surface area contributed by atoms with Crippen molar-refractivity contribution in [3.05, 3.63) is 78.1 Å². The maximum atomic E-state index is 13.9. The minimum atomic E-state index is -4.56. The summed E-state index contributed by atoms with van der Waals surface area (Å²) in [5, 5.41) is 0. The third-order valence-electron chi connectivity index (χ3n) is 3.51. The molecule has 0 amide bonds. The first-order chi connectivity index (χ1) is 10.9. The zero-order chi connectivity index (χ0) is 16.9. The predicted molar refractivity (Wildman–Crippen MR) is 85.6 cm³/mol. The van der Waals surface area contributed by atoms with E-state index < -0.39 is 11.7 Å². The van der Waals surface area contributed by atoms with Gasteiger partial charge in [-0.05, 0) is 24.6 Å². The molecule has 0 fully saturated rings. The Morgan fingerprint density at radius 2 is 1.96 bits per heavy atom. The summed E-state index contributed by atoms with van der Waals surface area (Å²) in [7, 11) is 0. The summed E-state index contributed by atoms with van der Waals surface area (Å²) in [5.41, 5.74) is -1.15. The number of pyridine rings is 1. The molecule has 5 heteroatoms. The maximum Gasteiger partial charge on any atom is 0.418 e. The number of aliphatic imine (C=N–C) groups is 1. The van der Waals surface area contributed by atoms with Gasteiger partial charge in [0.15, 0.2) is 5.54 Å². The number of rotatable bonds is 5. The zero-order valence-corrected chi connectivity index (χ0v) is 12.7. The van der Waals surface area contributed by atoms with E-state index in [0.717, 1.165) is 5.56 Å². The van der Waals surface area contributed by atoms with E-state index in [0.29, 0.717) is 5.69 Å². The van der Waals surface area contributed by atoms with E-state index in [1.165, 1.54) is 30.6 Å². The zero-order valence-electron chi connectivity index (χ0n) is 12.7. The minimum Gasteiger partial charge on any atom is -0.270 e. The van der Waals surface area contributed by atoms with Crippen molar-refractivity contribution in [2.45, 2.75) is 25.1 Å². The fourth-order valence-electron chi connectivity index (χ4n) is 2.34. The summed E-state index contributed by atoms with van der Waals surface area (Å²) in [5.74, 6) is 0. The van der Waals surface area contributed by atoms with Crippen molar-refractivity contribution in [1.29, 1.82) is 0 Å². The summed E-state index contributed by atoms with van der Waals surface area (Å²) in [6.45, 7) is 5.22. The topological polar surface area (TPSA) is 25.2 Å². The van der Waals surface area contributed by atoms with Gasteiger partial charge in [0.2, 0.25) is 0 Å². The highest BCUT2D eigenvalue weighted by atomic mass is 19.4. The van der Waals surface area contributed by atoms with E-state index in [-0.39, 0.29) is 12.0 Å². The van der Waals surface area contributed by atoms with E-state index >= 15 is 0 Å². The van der Waals surface area contributed by atoms with Crippen molar-refractivity contribution in [1.82, 2.24) is 4.98 Å². The number of nitrogens with zero attached hydrogens (tertiary/aromatic N) is 2. The van der Waals surface area contributed by atoms with Gasteiger partial charge in [-0.2, -0.15) is 13.2 Å². The summed E-state index contributed by atoms with van der Waals surface area (Å²) in [6.07, 6.45) is -0.981. The molecule has 0 N–H and O–H groups in total. The van der Waals surface area contributed by atoms with Crippen molar-refractivity contribution in [2.24, 2.45) is 4.99 Å². The largest absolute Gasteiger partial charge is 0.418 e. The average molecular weight is 318 g/mol. The molecule has 0 saturated carbocycles. The molecule has 1 atom stereocenters. The Labute approximate surface area is 133 Å². The quantitative estimate of drug-likeness (QED) is 0.572. The number of halogens is 3. The van der Waals surface area contributed by atoms with E-state index in [4.69, 9.17) is 0 Å². The van der Waals surface area contributed by atoms with Crippen molar-refractivity contribution < 1.29 is 13.2 Å². The molecule has 0 bridgehead atoms. The predicted octanol–water partition coefficient (Wildman–Crippen LogP) is 4.84. The molecule has 0 aliphatic carbocycles. The summed E-state index contributed by atoms with van der Waals surface area (Å²) in [6, 6.07) is 11.3. The lowest BCUT2D eigenvalue weighted by Crippen LogP contribution is -2.40. The first-order valence-electron chi connectivity index (χ1n) is 7.10. The fraction of sp³-hybridized carbons (Fsp3) is 0.222. The van der Waals surface area contributed by atoms with Gasteiger partial charge in [-0.3, -0.25) is 9.98 Å².